The molecule has 0 aromatic heterocycles. The summed E-state index contributed by atoms with van der Waals surface area (Å²) in [5.74, 6) is 0.321. The third kappa shape index (κ3) is 3.18. The van der Waals surface area contributed by atoms with Gasteiger partial charge in [0.1, 0.15) is 5.75 Å². The summed E-state index contributed by atoms with van der Waals surface area (Å²) in [7, 11) is 0. The molecule has 0 heterocycles. The van der Waals surface area contributed by atoms with Gasteiger partial charge >= 0.3 is 0 Å². The minimum absolute atomic E-state index is 0.321. The Labute approximate surface area is 110 Å². The molecule has 0 spiro atoms. The van der Waals surface area contributed by atoms with E-state index >= 15 is 0 Å². The number of hydrogen-bond acceptors (Lipinski definition) is 2. The second-order valence-corrected chi connectivity index (χ2v) is 5.26. The summed E-state index contributed by atoms with van der Waals surface area (Å²) < 4.78 is 0. The summed E-state index contributed by atoms with van der Waals surface area (Å²) in [6.07, 6.45) is 0.967. The quantitative estimate of drug-likeness (QED) is 0.863. The number of aryl methyl sites for hydroxylation is 1. The van der Waals surface area contributed by atoms with Gasteiger partial charge in [0.2, 0.25) is 0 Å². The van der Waals surface area contributed by atoms with Crippen LogP contribution in [0.15, 0.2) is 52.3 Å². The second-order valence-electron chi connectivity index (χ2n) is 3.71. The van der Waals surface area contributed by atoms with Gasteiger partial charge in [0.15, 0.2) is 0 Å². The van der Waals surface area contributed by atoms with Crippen molar-refractivity contribution in [2.75, 3.05) is 0 Å². The number of phenolic OH excluding ortho intramolecular Hbond substituents is 1. The third-order valence-corrected chi connectivity index (χ3v) is 3.78. The second kappa shape index (κ2) is 5.48. The van der Waals surface area contributed by atoms with Crippen molar-refractivity contribution in [1.82, 2.24) is 0 Å². The van der Waals surface area contributed by atoms with Crippen molar-refractivity contribution in [3.05, 3.63) is 53.1 Å². The van der Waals surface area contributed by atoms with Gasteiger partial charge < -0.3 is 5.11 Å². The zero-order chi connectivity index (χ0) is 12.3. The Balaban J connectivity index is 2.25. The maximum atomic E-state index is 9.80. The molecule has 0 saturated carbocycles. The fourth-order valence-corrected chi connectivity index (χ4v) is 2.52. The van der Waals surface area contributed by atoms with Crippen LogP contribution in [0.2, 0.25) is 5.02 Å². The van der Waals surface area contributed by atoms with E-state index in [2.05, 4.69) is 6.92 Å². The van der Waals surface area contributed by atoms with Gasteiger partial charge in [-0.2, -0.15) is 0 Å². The van der Waals surface area contributed by atoms with Crippen LogP contribution in [0.25, 0.3) is 0 Å². The lowest BCUT2D eigenvalue weighted by Gasteiger charge is -2.06. The first-order valence-electron chi connectivity index (χ1n) is 5.44. The molecule has 0 fully saturated rings. The zero-order valence-corrected chi connectivity index (χ0v) is 11.1. The van der Waals surface area contributed by atoms with Crippen molar-refractivity contribution in [2.24, 2.45) is 0 Å². The highest BCUT2D eigenvalue weighted by Crippen LogP contribution is 2.35. The van der Waals surface area contributed by atoms with E-state index in [-0.39, 0.29) is 0 Å². The van der Waals surface area contributed by atoms with Crippen molar-refractivity contribution in [1.29, 1.82) is 0 Å². The van der Waals surface area contributed by atoms with E-state index in [9.17, 15) is 5.11 Å². The predicted molar refractivity (Wildman–Crippen MR) is 73.1 cm³/mol. The van der Waals surface area contributed by atoms with E-state index in [1.165, 1.54) is 5.56 Å². The highest BCUT2D eigenvalue weighted by Gasteiger charge is 2.04. The van der Waals surface area contributed by atoms with Crippen LogP contribution in [-0.4, -0.2) is 5.11 Å². The van der Waals surface area contributed by atoms with E-state index in [1.807, 2.05) is 36.4 Å². The molecule has 0 bridgehead atoms. The van der Waals surface area contributed by atoms with Crippen LogP contribution in [0.1, 0.15) is 12.5 Å². The molecule has 1 nitrogen and oxygen atoms in total. The lowest BCUT2D eigenvalue weighted by molar-refractivity contribution is 0.462. The van der Waals surface area contributed by atoms with Crippen molar-refractivity contribution in [3.63, 3.8) is 0 Å². The van der Waals surface area contributed by atoms with Crippen molar-refractivity contribution < 1.29 is 5.11 Å². The maximum Gasteiger partial charge on any atom is 0.129 e. The molecule has 0 aliphatic carbocycles. The highest BCUT2D eigenvalue weighted by atomic mass is 35.5. The van der Waals surface area contributed by atoms with Gasteiger partial charge in [-0.05, 0) is 48.4 Å². The Hall–Kier alpha value is -1.12. The number of hydrogen-bond donors (Lipinski definition) is 1. The Kier molecular flexibility index (Phi) is 3.97. The fourth-order valence-electron chi connectivity index (χ4n) is 1.49. The van der Waals surface area contributed by atoms with Crippen molar-refractivity contribution >= 4 is 23.4 Å². The van der Waals surface area contributed by atoms with Gasteiger partial charge in [0.05, 0.1) is 4.90 Å². The lowest BCUT2D eigenvalue weighted by atomic mass is 10.2. The number of rotatable bonds is 3. The lowest BCUT2D eigenvalue weighted by Crippen LogP contribution is -1.82. The molecule has 0 amide bonds. The number of aromatic hydroxyl groups is 1. The maximum absolute atomic E-state index is 9.80. The predicted octanol–water partition coefficient (Wildman–Crippen LogP) is 4.76. The number of phenols is 1. The molecule has 0 atom stereocenters. The van der Waals surface area contributed by atoms with Crippen molar-refractivity contribution in [2.45, 2.75) is 23.1 Å². The smallest absolute Gasteiger partial charge is 0.129 e. The summed E-state index contributed by atoms with van der Waals surface area (Å²) >= 11 is 7.38. The normalized spacial score (nSPS) is 10.5. The molecule has 0 saturated heterocycles. The molecule has 17 heavy (non-hydrogen) atoms. The summed E-state index contributed by atoms with van der Waals surface area (Å²) in [4.78, 5) is 1.95. The summed E-state index contributed by atoms with van der Waals surface area (Å²) in [5.41, 5.74) is 1.22. The minimum Gasteiger partial charge on any atom is -0.507 e. The van der Waals surface area contributed by atoms with Crippen LogP contribution in [0.4, 0.5) is 0 Å². The van der Waals surface area contributed by atoms with Crippen LogP contribution in [-0.2, 0) is 6.42 Å². The van der Waals surface area contributed by atoms with Gasteiger partial charge in [-0.3, -0.25) is 0 Å². The van der Waals surface area contributed by atoms with Crippen LogP contribution in [0.5, 0.6) is 5.75 Å². The molecule has 2 aromatic carbocycles. The average Bonchev–Trinajstić information content (AvgIpc) is 2.35. The average molecular weight is 265 g/mol. The van der Waals surface area contributed by atoms with Gasteiger partial charge in [-0.1, -0.05) is 36.4 Å². The van der Waals surface area contributed by atoms with E-state index < -0.39 is 0 Å². The molecule has 0 radical (unpaired) electrons. The molecule has 0 unspecified atom stereocenters. The first-order valence-corrected chi connectivity index (χ1v) is 6.64. The van der Waals surface area contributed by atoms with Gasteiger partial charge in [0, 0.05) is 9.92 Å². The van der Waals surface area contributed by atoms with Gasteiger partial charge in [-0.15, -0.1) is 0 Å². The molecule has 88 valence electrons. The Morgan fingerprint density at radius 2 is 1.82 bits per heavy atom. The van der Waals surface area contributed by atoms with Crippen LogP contribution in [0, 0.1) is 0 Å². The number of benzene rings is 2. The minimum atomic E-state index is 0.321. The first kappa shape index (κ1) is 12.3. The summed E-state index contributed by atoms with van der Waals surface area (Å²) in [5, 5.41) is 10.5. The molecule has 2 aromatic rings. The fraction of sp³-hybridized carbons (Fsp3) is 0.143. The summed E-state index contributed by atoms with van der Waals surface area (Å²) in [6, 6.07) is 13.3. The molecule has 0 aliphatic rings. The van der Waals surface area contributed by atoms with Gasteiger partial charge in [-0.25, -0.2) is 0 Å². The van der Waals surface area contributed by atoms with E-state index in [1.54, 1.807) is 17.8 Å². The molecule has 1 N–H and O–H groups in total. The van der Waals surface area contributed by atoms with Crippen LogP contribution < -0.4 is 0 Å². The molecule has 3 heteroatoms. The third-order valence-electron chi connectivity index (χ3n) is 2.47. The molecular weight excluding hydrogens is 252 g/mol. The van der Waals surface area contributed by atoms with Crippen LogP contribution in [0.3, 0.4) is 0 Å². The molecule has 0 aliphatic heterocycles. The van der Waals surface area contributed by atoms with E-state index in [0.717, 1.165) is 21.2 Å². The summed E-state index contributed by atoms with van der Waals surface area (Å²) in [6.45, 7) is 2.10. The molecular formula is C14H13ClOS. The monoisotopic (exact) mass is 264 g/mol. The largest absolute Gasteiger partial charge is 0.507 e. The molecule has 2 rings (SSSR count). The Bertz CT molecular complexity index is 508. The van der Waals surface area contributed by atoms with Gasteiger partial charge in [0.25, 0.3) is 0 Å². The Morgan fingerprint density at radius 3 is 2.47 bits per heavy atom. The van der Waals surface area contributed by atoms with Crippen LogP contribution >= 0.6 is 23.4 Å². The standard InChI is InChI=1S/C14H13ClOS/c1-2-10-3-8-13(16)14(9-10)17-12-6-4-11(15)5-7-12/h3-9,16H,2H2,1H3. The SMILES string of the molecule is CCc1ccc(O)c(Sc2ccc(Cl)cc2)c1. The first-order chi connectivity index (χ1) is 8.19. The topological polar surface area (TPSA) is 20.2 Å². The highest BCUT2D eigenvalue weighted by molar-refractivity contribution is 7.99. The zero-order valence-electron chi connectivity index (χ0n) is 9.48. The Morgan fingerprint density at radius 1 is 1.12 bits per heavy atom. The van der Waals surface area contributed by atoms with E-state index in [0.29, 0.717) is 5.75 Å². The van der Waals surface area contributed by atoms with Crippen molar-refractivity contribution in [3.8, 4) is 5.75 Å². The number of halogens is 1. The van der Waals surface area contributed by atoms with E-state index in [4.69, 9.17) is 11.6 Å².